The summed E-state index contributed by atoms with van der Waals surface area (Å²) in [6, 6.07) is 8.63. The molecule has 0 radical (unpaired) electrons. The molecule has 8 nitrogen and oxygen atoms in total. The number of nitrogens with one attached hydrogen (secondary N) is 1. The third-order valence-corrected chi connectivity index (χ3v) is 4.58. The molecule has 2 aromatic rings. The number of carboxylic acid groups (broad SMARTS) is 1. The van der Waals surface area contributed by atoms with Crippen LogP contribution >= 0.6 is 11.8 Å². The van der Waals surface area contributed by atoms with E-state index in [1.54, 1.807) is 25.1 Å². The minimum absolute atomic E-state index is 0.0133. The second kappa shape index (κ2) is 8.05. The number of aliphatic imine (C=N–C) groups is 1. The summed E-state index contributed by atoms with van der Waals surface area (Å²) in [6.07, 6.45) is 1.63. The van der Waals surface area contributed by atoms with E-state index in [0.29, 0.717) is 33.7 Å². The number of rotatable bonds is 5. The van der Waals surface area contributed by atoms with Gasteiger partial charge in [0.15, 0.2) is 16.7 Å². The van der Waals surface area contributed by atoms with Crippen LogP contribution in [0.2, 0.25) is 0 Å². The fourth-order valence-corrected chi connectivity index (χ4v) is 3.25. The van der Waals surface area contributed by atoms with Gasteiger partial charge >= 0.3 is 5.97 Å². The lowest BCUT2D eigenvalue weighted by Crippen LogP contribution is -2.19. The van der Waals surface area contributed by atoms with Crippen LogP contribution in [0.5, 0.6) is 17.2 Å². The predicted octanol–water partition coefficient (Wildman–Crippen LogP) is 3.09. The highest BCUT2D eigenvalue weighted by atomic mass is 32.2. The Labute approximate surface area is 164 Å². The van der Waals surface area contributed by atoms with E-state index < -0.39 is 11.7 Å². The quantitative estimate of drug-likeness (QED) is 0.568. The summed E-state index contributed by atoms with van der Waals surface area (Å²) >= 11 is 1.10. The van der Waals surface area contributed by atoms with Gasteiger partial charge in [-0.2, -0.15) is 0 Å². The average Bonchev–Trinajstić information content (AvgIpc) is 2.97. The van der Waals surface area contributed by atoms with Gasteiger partial charge in [0.1, 0.15) is 11.3 Å². The molecular weight excluding hydrogens is 384 g/mol. The van der Waals surface area contributed by atoms with Gasteiger partial charge in [0.05, 0.1) is 17.2 Å². The maximum Gasteiger partial charge on any atom is 0.339 e. The summed E-state index contributed by atoms with van der Waals surface area (Å²) < 4.78 is 5.33. The van der Waals surface area contributed by atoms with Crippen molar-refractivity contribution in [2.24, 2.45) is 4.99 Å². The van der Waals surface area contributed by atoms with Gasteiger partial charge in [0.25, 0.3) is 5.91 Å². The molecule has 1 heterocycles. The van der Waals surface area contributed by atoms with E-state index in [4.69, 9.17) is 9.84 Å². The average molecular weight is 400 g/mol. The lowest BCUT2D eigenvalue weighted by molar-refractivity contribution is -0.115. The number of aromatic carboxylic acids is 1. The number of phenols is 2. The number of carbonyl (C=O) groups excluding carboxylic acids is 1. The van der Waals surface area contributed by atoms with Gasteiger partial charge in [0.2, 0.25) is 0 Å². The Hall–Kier alpha value is -3.46. The van der Waals surface area contributed by atoms with Gasteiger partial charge in [-0.15, -0.1) is 0 Å². The molecule has 0 atom stereocenters. The van der Waals surface area contributed by atoms with Gasteiger partial charge in [-0.3, -0.25) is 4.79 Å². The Bertz CT molecular complexity index is 1020. The van der Waals surface area contributed by atoms with E-state index in [0.717, 1.165) is 11.8 Å². The molecule has 0 spiro atoms. The zero-order valence-corrected chi connectivity index (χ0v) is 15.5. The third-order valence-electron chi connectivity index (χ3n) is 3.67. The fraction of sp³-hybridized carbons (Fsp3) is 0.105. The van der Waals surface area contributed by atoms with Gasteiger partial charge in [-0.05, 0) is 54.6 Å². The number of phenolic OH excluding ortho intramolecular Hbond substituents is 1. The molecular formula is C19H16N2O6S. The van der Waals surface area contributed by atoms with E-state index in [2.05, 4.69) is 10.3 Å². The molecule has 9 heteroatoms. The summed E-state index contributed by atoms with van der Waals surface area (Å²) in [5, 5.41) is 31.3. The molecule has 4 N–H and O–H groups in total. The van der Waals surface area contributed by atoms with Crippen molar-refractivity contribution in [2.45, 2.75) is 6.92 Å². The topological polar surface area (TPSA) is 128 Å². The van der Waals surface area contributed by atoms with Crippen molar-refractivity contribution in [1.82, 2.24) is 5.32 Å². The molecule has 1 aliphatic heterocycles. The highest BCUT2D eigenvalue weighted by Gasteiger charge is 2.24. The second-order valence-electron chi connectivity index (χ2n) is 5.65. The molecule has 0 aliphatic carbocycles. The van der Waals surface area contributed by atoms with Gasteiger partial charge in [0, 0.05) is 6.07 Å². The van der Waals surface area contributed by atoms with Crippen LogP contribution in [0, 0.1) is 0 Å². The maximum absolute atomic E-state index is 12.2. The first-order valence-corrected chi connectivity index (χ1v) is 9.00. The highest BCUT2D eigenvalue weighted by molar-refractivity contribution is 8.18. The smallest absolute Gasteiger partial charge is 0.339 e. The number of thioether (sulfide) groups is 1. The van der Waals surface area contributed by atoms with Crippen molar-refractivity contribution in [3.8, 4) is 17.2 Å². The Morgan fingerprint density at radius 2 is 2.00 bits per heavy atom. The molecule has 28 heavy (non-hydrogen) atoms. The Morgan fingerprint density at radius 3 is 2.68 bits per heavy atom. The second-order valence-corrected chi connectivity index (χ2v) is 6.68. The van der Waals surface area contributed by atoms with Crippen LogP contribution in [-0.2, 0) is 4.79 Å². The SMILES string of the molecule is CCOc1cc(/C=C2\SC(=Nc3ccc(C(=O)O)c(O)c3)NC2=O)ccc1O. The summed E-state index contributed by atoms with van der Waals surface area (Å²) in [5.74, 6) is -1.67. The predicted molar refractivity (Wildman–Crippen MR) is 105 cm³/mol. The number of carbonyl (C=O) groups is 2. The van der Waals surface area contributed by atoms with E-state index in [1.807, 2.05) is 0 Å². The maximum atomic E-state index is 12.2. The number of amides is 1. The first kappa shape index (κ1) is 19.3. The summed E-state index contributed by atoms with van der Waals surface area (Å²) in [7, 11) is 0. The molecule has 1 fully saturated rings. The molecule has 0 aromatic heterocycles. The Kier molecular flexibility index (Phi) is 5.55. The summed E-state index contributed by atoms with van der Waals surface area (Å²) in [5.41, 5.74) is 0.739. The highest BCUT2D eigenvalue weighted by Crippen LogP contribution is 2.32. The molecule has 0 unspecified atom stereocenters. The fourth-order valence-electron chi connectivity index (χ4n) is 2.41. The Balaban J connectivity index is 1.82. The van der Waals surface area contributed by atoms with Crippen LogP contribution in [-0.4, -0.2) is 39.0 Å². The monoisotopic (exact) mass is 400 g/mol. The lowest BCUT2D eigenvalue weighted by atomic mass is 10.2. The number of benzene rings is 2. The first-order chi connectivity index (χ1) is 13.4. The lowest BCUT2D eigenvalue weighted by Gasteiger charge is -2.06. The molecule has 1 amide bonds. The number of hydrogen-bond donors (Lipinski definition) is 4. The number of ether oxygens (including phenoxy) is 1. The summed E-state index contributed by atoms with van der Waals surface area (Å²) in [4.78, 5) is 27.7. The molecule has 0 saturated carbocycles. The number of carboxylic acids is 1. The molecule has 0 bridgehead atoms. The van der Waals surface area contributed by atoms with E-state index >= 15 is 0 Å². The summed E-state index contributed by atoms with van der Waals surface area (Å²) in [6.45, 7) is 2.20. The van der Waals surface area contributed by atoms with Crippen LogP contribution < -0.4 is 10.1 Å². The molecule has 2 aromatic carbocycles. The van der Waals surface area contributed by atoms with Crippen LogP contribution in [0.25, 0.3) is 6.08 Å². The zero-order valence-electron chi connectivity index (χ0n) is 14.7. The third kappa shape index (κ3) is 4.26. The van der Waals surface area contributed by atoms with Crippen molar-refractivity contribution in [3.05, 3.63) is 52.4 Å². The molecule has 1 saturated heterocycles. The van der Waals surface area contributed by atoms with Crippen LogP contribution in [0.3, 0.4) is 0 Å². The standard InChI is InChI=1S/C19H16N2O6S/c1-2-27-15-7-10(3-6-13(15)22)8-16-17(24)21-19(28-16)20-11-4-5-12(18(25)26)14(23)9-11/h3-9,22-23H,2H2,1H3,(H,25,26)(H,20,21,24)/b16-8-. The van der Waals surface area contributed by atoms with Crippen molar-refractivity contribution < 1.29 is 29.6 Å². The minimum atomic E-state index is -1.24. The number of aromatic hydroxyl groups is 2. The van der Waals surface area contributed by atoms with Crippen LogP contribution in [0.1, 0.15) is 22.8 Å². The Morgan fingerprint density at radius 1 is 1.21 bits per heavy atom. The molecule has 3 rings (SSSR count). The minimum Gasteiger partial charge on any atom is -0.507 e. The van der Waals surface area contributed by atoms with Gasteiger partial charge in [-0.25, -0.2) is 9.79 Å². The number of amidine groups is 1. The van der Waals surface area contributed by atoms with E-state index in [9.17, 15) is 19.8 Å². The number of nitrogens with zero attached hydrogens (tertiary/aromatic N) is 1. The molecule has 1 aliphatic rings. The normalized spacial score (nSPS) is 16.4. The van der Waals surface area contributed by atoms with E-state index in [1.165, 1.54) is 24.3 Å². The van der Waals surface area contributed by atoms with Crippen LogP contribution in [0.4, 0.5) is 5.69 Å². The van der Waals surface area contributed by atoms with Crippen molar-refractivity contribution in [3.63, 3.8) is 0 Å². The first-order valence-electron chi connectivity index (χ1n) is 8.19. The van der Waals surface area contributed by atoms with Crippen molar-refractivity contribution >= 4 is 40.6 Å². The van der Waals surface area contributed by atoms with Crippen molar-refractivity contribution in [1.29, 1.82) is 0 Å². The van der Waals surface area contributed by atoms with Gasteiger partial charge < -0.3 is 25.4 Å². The van der Waals surface area contributed by atoms with Crippen LogP contribution in [0.15, 0.2) is 46.3 Å². The van der Waals surface area contributed by atoms with Gasteiger partial charge in [-0.1, -0.05) is 6.07 Å². The molecule has 144 valence electrons. The number of hydrogen-bond acceptors (Lipinski definition) is 7. The van der Waals surface area contributed by atoms with E-state index in [-0.39, 0.29) is 17.2 Å². The van der Waals surface area contributed by atoms with Crippen molar-refractivity contribution in [2.75, 3.05) is 6.61 Å². The zero-order chi connectivity index (χ0) is 20.3. The largest absolute Gasteiger partial charge is 0.507 e.